The second kappa shape index (κ2) is 6.37. The minimum Gasteiger partial charge on any atom is -0.379 e. The van der Waals surface area contributed by atoms with Gasteiger partial charge in [0.05, 0.1) is 17.7 Å². The number of methoxy groups -OCH3 is 1. The molecule has 2 atom stereocenters. The third-order valence-corrected chi connectivity index (χ3v) is 4.70. The molecule has 4 rings (SSSR count). The zero-order valence-corrected chi connectivity index (χ0v) is 14.5. The van der Waals surface area contributed by atoms with Gasteiger partial charge in [0.25, 0.3) is 0 Å². The molecule has 0 unspecified atom stereocenters. The predicted molar refractivity (Wildman–Crippen MR) is 90.6 cm³/mol. The summed E-state index contributed by atoms with van der Waals surface area (Å²) in [5.41, 5.74) is 0.973. The van der Waals surface area contributed by atoms with Gasteiger partial charge < -0.3 is 9.64 Å². The zero-order chi connectivity index (χ0) is 18.3. The van der Waals surface area contributed by atoms with Gasteiger partial charge in [0.15, 0.2) is 5.65 Å². The van der Waals surface area contributed by atoms with Crippen molar-refractivity contribution in [1.29, 1.82) is 0 Å². The van der Waals surface area contributed by atoms with E-state index in [-0.39, 0.29) is 30.2 Å². The number of nitrogens with zero attached hydrogens (tertiary/aromatic N) is 7. The number of carbonyl (C=O) groups excluding carboxylic acids is 1. The third-order valence-electron chi connectivity index (χ3n) is 4.70. The Hall–Kier alpha value is -3.01. The first kappa shape index (κ1) is 16.5. The molecule has 0 bridgehead atoms. The molecule has 0 aromatic carbocycles. The van der Waals surface area contributed by atoms with Crippen LogP contribution in [0.1, 0.15) is 11.6 Å². The average Bonchev–Trinajstić information content (AvgIpc) is 3.33. The molecule has 4 heterocycles. The number of ether oxygens (including phenoxy) is 1. The summed E-state index contributed by atoms with van der Waals surface area (Å²) in [6, 6.07) is 5.27. The van der Waals surface area contributed by atoms with Crippen LogP contribution in [0.2, 0.25) is 0 Å². The number of aryl methyl sites for hydroxylation is 1. The summed E-state index contributed by atoms with van der Waals surface area (Å²) in [6.45, 7) is 0.807. The topological polar surface area (TPSA) is 99.6 Å². The van der Waals surface area contributed by atoms with Gasteiger partial charge in [0.1, 0.15) is 6.54 Å². The first-order valence-corrected chi connectivity index (χ1v) is 8.28. The molecule has 0 radical (unpaired) electrons. The Kier molecular flexibility index (Phi) is 4.03. The van der Waals surface area contributed by atoms with Crippen LogP contribution in [0.5, 0.6) is 0 Å². The van der Waals surface area contributed by atoms with Crippen LogP contribution >= 0.6 is 0 Å². The molecule has 0 saturated carbocycles. The fourth-order valence-corrected chi connectivity index (χ4v) is 3.33. The second-order valence-electron chi connectivity index (χ2n) is 6.37. The molecule has 1 amide bonds. The van der Waals surface area contributed by atoms with Crippen LogP contribution in [0.4, 0.5) is 0 Å². The standard InChI is InChI=1S/C16H19N7O3/c1-20-8-12(17-19-20)11-7-21(9-13(11)26-2)15(24)10-23-16(25)22-6-4-3-5-14(22)18-23/h3-6,8,11,13H,7,9-10H2,1-2H3/t11-,13+/m0/s1. The Balaban J connectivity index is 1.53. The fraction of sp³-hybridized carbons (Fsp3) is 0.438. The summed E-state index contributed by atoms with van der Waals surface area (Å²) < 4.78 is 9.76. The van der Waals surface area contributed by atoms with E-state index in [1.165, 1.54) is 9.08 Å². The molecule has 0 N–H and O–H groups in total. The largest absolute Gasteiger partial charge is 0.379 e. The van der Waals surface area contributed by atoms with Gasteiger partial charge >= 0.3 is 5.69 Å². The molecule has 1 aliphatic heterocycles. The lowest BCUT2D eigenvalue weighted by Crippen LogP contribution is -2.36. The molecular weight excluding hydrogens is 338 g/mol. The molecule has 10 nitrogen and oxygen atoms in total. The number of aromatic nitrogens is 6. The van der Waals surface area contributed by atoms with Gasteiger partial charge in [-0.05, 0) is 12.1 Å². The van der Waals surface area contributed by atoms with Crippen molar-refractivity contribution in [3.63, 3.8) is 0 Å². The van der Waals surface area contributed by atoms with Gasteiger partial charge in [-0.15, -0.1) is 10.2 Å². The molecule has 3 aromatic heterocycles. The van der Waals surface area contributed by atoms with E-state index in [1.54, 1.807) is 48.1 Å². The fourth-order valence-electron chi connectivity index (χ4n) is 3.33. The predicted octanol–water partition coefficient (Wildman–Crippen LogP) is -0.734. The molecule has 26 heavy (non-hydrogen) atoms. The molecule has 0 spiro atoms. The van der Waals surface area contributed by atoms with Crippen molar-refractivity contribution in [2.75, 3.05) is 20.2 Å². The van der Waals surface area contributed by atoms with E-state index in [0.717, 1.165) is 5.69 Å². The van der Waals surface area contributed by atoms with Gasteiger partial charge in [-0.1, -0.05) is 11.3 Å². The van der Waals surface area contributed by atoms with Crippen molar-refractivity contribution in [3.05, 3.63) is 46.8 Å². The van der Waals surface area contributed by atoms with Crippen LogP contribution in [-0.4, -0.2) is 66.3 Å². The summed E-state index contributed by atoms with van der Waals surface area (Å²) in [5.74, 6) is -0.223. The van der Waals surface area contributed by atoms with Crippen LogP contribution in [0.25, 0.3) is 5.65 Å². The average molecular weight is 357 g/mol. The number of amides is 1. The summed E-state index contributed by atoms with van der Waals surface area (Å²) in [4.78, 5) is 26.7. The van der Waals surface area contributed by atoms with Gasteiger partial charge in [0, 0.05) is 39.6 Å². The van der Waals surface area contributed by atoms with E-state index < -0.39 is 0 Å². The number of hydrogen-bond acceptors (Lipinski definition) is 6. The summed E-state index contributed by atoms with van der Waals surface area (Å²) in [5, 5.41) is 12.3. The Morgan fingerprint density at radius 3 is 2.88 bits per heavy atom. The maximum Gasteiger partial charge on any atom is 0.350 e. The lowest BCUT2D eigenvalue weighted by atomic mass is 10.0. The Morgan fingerprint density at radius 1 is 1.35 bits per heavy atom. The first-order chi connectivity index (χ1) is 12.6. The van der Waals surface area contributed by atoms with Gasteiger partial charge in [-0.3, -0.25) is 13.9 Å². The van der Waals surface area contributed by atoms with Gasteiger partial charge in [0.2, 0.25) is 5.91 Å². The Bertz CT molecular complexity index is 1000. The smallest absolute Gasteiger partial charge is 0.350 e. The highest BCUT2D eigenvalue weighted by Crippen LogP contribution is 2.28. The van der Waals surface area contributed by atoms with Crippen molar-refractivity contribution < 1.29 is 9.53 Å². The lowest BCUT2D eigenvalue weighted by Gasteiger charge is -2.15. The summed E-state index contributed by atoms with van der Waals surface area (Å²) >= 11 is 0. The third kappa shape index (κ3) is 2.77. The van der Waals surface area contributed by atoms with Crippen molar-refractivity contribution in [1.82, 2.24) is 34.1 Å². The maximum absolute atomic E-state index is 12.7. The van der Waals surface area contributed by atoms with Crippen molar-refractivity contribution >= 4 is 11.6 Å². The molecular formula is C16H19N7O3. The number of pyridine rings is 1. The van der Waals surface area contributed by atoms with Crippen LogP contribution in [0.3, 0.4) is 0 Å². The van der Waals surface area contributed by atoms with Gasteiger partial charge in [-0.25, -0.2) is 9.48 Å². The number of rotatable bonds is 4. The van der Waals surface area contributed by atoms with E-state index in [9.17, 15) is 9.59 Å². The number of hydrogen-bond donors (Lipinski definition) is 0. The molecule has 3 aromatic rings. The van der Waals surface area contributed by atoms with Gasteiger partial charge in [-0.2, -0.15) is 0 Å². The molecule has 1 aliphatic rings. The Labute approximate surface area is 148 Å². The monoisotopic (exact) mass is 357 g/mol. The number of likely N-dealkylation sites (tertiary alicyclic amines) is 1. The highest BCUT2D eigenvalue weighted by atomic mass is 16.5. The maximum atomic E-state index is 12.7. The molecule has 1 saturated heterocycles. The van der Waals surface area contributed by atoms with Crippen molar-refractivity contribution in [2.45, 2.75) is 18.6 Å². The first-order valence-electron chi connectivity index (χ1n) is 8.28. The van der Waals surface area contributed by atoms with Crippen LogP contribution < -0.4 is 5.69 Å². The molecule has 0 aliphatic carbocycles. The van der Waals surface area contributed by atoms with Crippen molar-refractivity contribution in [3.8, 4) is 0 Å². The lowest BCUT2D eigenvalue weighted by molar-refractivity contribution is -0.131. The molecule has 136 valence electrons. The van der Waals surface area contributed by atoms with Crippen LogP contribution in [-0.2, 0) is 23.1 Å². The number of fused-ring (bicyclic) bond motifs is 1. The SMILES string of the molecule is CO[C@@H]1CN(C(=O)Cn2nc3ccccn3c2=O)C[C@H]1c1cn(C)nn1. The van der Waals surface area contributed by atoms with E-state index in [0.29, 0.717) is 18.7 Å². The highest BCUT2D eigenvalue weighted by molar-refractivity contribution is 5.76. The van der Waals surface area contributed by atoms with Crippen molar-refractivity contribution in [2.24, 2.45) is 7.05 Å². The normalized spacial score (nSPS) is 20.2. The molecule has 10 heteroatoms. The number of carbonyl (C=O) groups is 1. The summed E-state index contributed by atoms with van der Waals surface area (Å²) in [7, 11) is 3.42. The quantitative estimate of drug-likeness (QED) is 0.610. The minimum atomic E-state index is -0.332. The second-order valence-corrected chi connectivity index (χ2v) is 6.37. The zero-order valence-electron chi connectivity index (χ0n) is 14.5. The molecule has 1 fully saturated rings. The van der Waals surface area contributed by atoms with E-state index >= 15 is 0 Å². The summed E-state index contributed by atoms with van der Waals surface area (Å²) in [6.07, 6.45) is 3.30. The van der Waals surface area contributed by atoms with Crippen LogP contribution in [0, 0.1) is 0 Å². The van der Waals surface area contributed by atoms with E-state index in [1.807, 2.05) is 6.20 Å². The van der Waals surface area contributed by atoms with E-state index in [4.69, 9.17) is 4.74 Å². The Morgan fingerprint density at radius 2 is 2.19 bits per heavy atom. The van der Waals surface area contributed by atoms with E-state index in [2.05, 4.69) is 15.4 Å². The van der Waals surface area contributed by atoms with Crippen LogP contribution in [0.15, 0.2) is 35.4 Å². The minimum absolute atomic E-state index is 0.0459. The highest BCUT2D eigenvalue weighted by Gasteiger charge is 2.38.